The van der Waals surface area contributed by atoms with Gasteiger partial charge in [0.15, 0.2) is 0 Å². The molecule has 1 fully saturated rings. The maximum Gasteiger partial charge on any atom is 0.350 e. The smallest absolute Gasteiger partial charge is 0.350 e. The molecule has 3 atom stereocenters. The molecule has 2 N–H and O–H groups in total. The number of nitrogens with one attached hydrogen (secondary N) is 2. The third-order valence-electron chi connectivity index (χ3n) is 8.91. The summed E-state index contributed by atoms with van der Waals surface area (Å²) in [5, 5.41) is 7.52. The second-order valence-corrected chi connectivity index (χ2v) is 13.1. The Bertz CT molecular complexity index is 1640. The van der Waals surface area contributed by atoms with Gasteiger partial charge in [-0.05, 0) is 85.8 Å². The summed E-state index contributed by atoms with van der Waals surface area (Å²) in [6.07, 6.45) is 2.14. The fourth-order valence-electron chi connectivity index (χ4n) is 7.08. The van der Waals surface area contributed by atoms with E-state index in [4.69, 9.17) is 44.3 Å². The lowest BCUT2D eigenvalue weighted by Crippen LogP contribution is -2.57. The van der Waals surface area contributed by atoms with Gasteiger partial charge in [0.2, 0.25) is 17.4 Å². The van der Waals surface area contributed by atoms with Crippen molar-refractivity contribution in [2.24, 2.45) is 0 Å². The van der Waals surface area contributed by atoms with Gasteiger partial charge in [0, 0.05) is 38.7 Å². The van der Waals surface area contributed by atoms with Gasteiger partial charge in [0.1, 0.15) is 11.2 Å². The minimum absolute atomic E-state index is 0.0454. The molecule has 2 amide bonds. The van der Waals surface area contributed by atoms with E-state index in [-0.39, 0.29) is 24.8 Å². The molecule has 5 rings (SSSR count). The number of rotatable bonds is 10. The zero-order valence-corrected chi connectivity index (χ0v) is 28.0. The van der Waals surface area contributed by atoms with Crippen LogP contribution in [-0.2, 0) is 24.5 Å². The minimum atomic E-state index is -1.35. The van der Waals surface area contributed by atoms with Gasteiger partial charge < -0.3 is 20.1 Å². The molecule has 238 valence electrons. The Hall–Kier alpha value is -3.26. The Kier molecular flexibility index (Phi) is 9.73. The summed E-state index contributed by atoms with van der Waals surface area (Å²) in [4.78, 5) is 41.8. The molecule has 0 radical (unpaired) electrons. The van der Waals surface area contributed by atoms with Crippen LogP contribution in [0.2, 0.25) is 15.1 Å². The van der Waals surface area contributed by atoms with E-state index in [0.29, 0.717) is 68.9 Å². The molecule has 0 unspecified atom stereocenters. The maximum atomic E-state index is 14.6. The summed E-state index contributed by atoms with van der Waals surface area (Å²) < 4.78 is 12.3. The topological polar surface area (TPSA) is 93.7 Å². The number of amides is 2. The van der Waals surface area contributed by atoms with Gasteiger partial charge in [0.05, 0.1) is 12.6 Å². The van der Waals surface area contributed by atoms with Crippen LogP contribution in [0, 0.1) is 6.92 Å². The molecule has 0 saturated carbocycles. The number of hydrogen-bond acceptors (Lipinski definition) is 5. The molecule has 0 aliphatic carbocycles. The average molecular weight is 672 g/mol. The molecule has 0 aromatic heterocycles. The van der Waals surface area contributed by atoms with E-state index in [1.165, 1.54) is 0 Å². The molecule has 3 aromatic carbocycles. The summed E-state index contributed by atoms with van der Waals surface area (Å²) in [6.45, 7) is 7.86. The number of halogens is 3. The van der Waals surface area contributed by atoms with Crippen LogP contribution in [0.4, 0.5) is 5.69 Å². The third-order valence-corrected chi connectivity index (χ3v) is 9.62. The number of esters is 1. The number of carbonyl (C=O) groups excluding carboxylic acids is 3. The van der Waals surface area contributed by atoms with Crippen LogP contribution in [0.5, 0.6) is 5.75 Å². The number of hydrogen-bond donors (Lipinski definition) is 2. The molecule has 45 heavy (non-hydrogen) atoms. The quantitative estimate of drug-likeness (QED) is 0.211. The molecule has 2 aliphatic heterocycles. The highest BCUT2D eigenvalue weighted by Gasteiger charge is 2.62. The first-order chi connectivity index (χ1) is 21.5. The van der Waals surface area contributed by atoms with Crippen LogP contribution >= 0.6 is 34.8 Å². The highest BCUT2D eigenvalue weighted by Crippen LogP contribution is 2.59. The van der Waals surface area contributed by atoms with Crippen LogP contribution in [0.1, 0.15) is 87.1 Å². The monoisotopic (exact) mass is 670 g/mol. The average Bonchev–Trinajstić information content (AvgIpc) is 3.27. The van der Waals surface area contributed by atoms with E-state index in [1.54, 1.807) is 49.4 Å². The van der Waals surface area contributed by atoms with Crippen molar-refractivity contribution >= 4 is 58.3 Å². The van der Waals surface area contributed by atoms with E-state index >= 15 is 0 Å². The molecule has 2 aliphatic rings. The first-order valence-electron chi connectivity index (χ1n) is 15.3. The van der Waals surface area contributed by atoms with Crippen molar-refractivity contribution in [1.29, 1.82) is 0 Å². The van der Waals surface area contributed by atoms with Gasteiger partial charge in [-0.15, -0.1) is 0 Å². The SMILES string of the molecule is CCCC(CCC)(Oc1ccc(Cl)cc1[C@H]1CC(=O)N[C@@H](c2cc(Cl)ccc2C)[C@]12C(=O)Nc1cc(Cl)ccc12)C(=O)OCC. The van der Waals surface area contributed by atoms with Crippen LogP contribution in [0.25, 0.3) is 0 Å². The second-order valence-electron chi connectivity index (χ2n) is 11.8. The van der Waals surface area contributed by atoms with Crippen molar-refractivity contribution in [1.82, 2.24) is 5.32 Å². The fourth-order valence-corrected chi connectivity index (χ4v) is 7.61. The van der Waals surface area contributed by atoms with Gasteiger partial charge in [-0.3, -0.25) is 9.59 Å². The van der Waals surface area contributed by atoms with Gasteiger partial charge in [-0.25, -0.2) is 4.79 Å². The molecule has 1 spiro atoms. The van der Waals surface area contributed by atoms with Crippen LogP contribution in [-0.4, -0.2) is 30.0 Å². The number of piperidine rings is 1. The Morgan fingerprint density at radius 2 is 1.53 bits per heavy atom. The summed E-state index contributed by atoms with van der Waals surface area (Å²) in [6, 6.07) is 15.0. The van der Waals surface area contributed by atoms with Gasteiger partial charge in [-0.2, -0.15) is 0 Å². The normalized spacial score (nSPS) is 20.9. The van der Waals surface area contributed by atoms with Gasteiger partial charge >= 0.3 is 5.97 Å². The van der Waals surface area contributed by atoms with E-state index in [1.807, 2.05) is 32.9 Å². The van der Waals surface area contributed by atoms with Crippen molar-refractivity contribution in [3.63, 3.8) is 0 Å². The summed E-state index contributed by atoms with van der Waals surface area (Å²) in [5.41, 5.74) is 0.722. The Labute approximate surface area is 278 Å². The predicted molar refractivity (Wildman–Crippen MR) is 177 cm³/mol. The third kappa shape index (κ3) is 5.91. The lowest BCUT2D eigenvalue weighted by molar-refractivity contribution is -0.163. The Morgan fingerprint density at radius 1 is 0.911 bits per heavy atom. The molecular weight excluding hydrogens is 635 g/mol. The zero-order valence-electron chi connectivity index (χ0n) is 25.8. The van der Waals surface area contributed by atoms with Gasteiger partial charge in [0.25, 0.3) is 0 Å². The van der Waals surface area contributed by atoms with Crippen molar-refractivity contribution in [2.45, 2.75) is 82.8 Å². The lowest BCUT2D eigenvalue weighted by Gasteiger charge is -2.47. The molecule has 1 saturated heterocycles. The van der Waals surface area contributed by atoms with E-state index < -0.39 is 28.9 Å². The van der Waals surface area contributed by atoms with Crippen LogP contribution in [0.15, 0.2) is 54.6 Å². The molecule has 10 heteroatoms. The van der Waals surface area contributed by atoms with Crippen LogP contribution in [0.3, 0.4) is 0 Å². The molecular formula is C35H37Cl3N2O5. The predicted octanol–water partition coefficient (Wildman–Crippen LogP) is 8.47. The Morgan fingerprint density at radius 3 is 2.20 bits per heavy atom. The number of carbonyl (C=O) groups is 3. The number of anilines is 1. The fraction of sp³-hybridized carbons (Fsp3) is 0.400. The summed E-state index contributed by atoms with van der Waals surface area (Å²) in [5.74, 6) is -1.40. The van der Waals surface area contributed by atoms with E-state index in [0.717, 1.165) is 5.56 Å². The summed E-state index contributed by atoms with van der Waals surface area (Å²) in [7, 11) is 0. The Balaban J connectivity index is 1.79. The van der Waals surface area contributed by atoms with Gasteiger partial charge in [-0.1, -0.05) is 73.6 Å². The number of aryl methyl sites for hydroxylation is 1. The number of ether oxygens (including phenoxy) is 2. The van der Waals surface area contributed by atoms with E-state index in [9.17, 15) is 14.4 Å². The lowest BCUT2D eigenvalue weighted by atomic mass is 9.59. The largest absolute Gasteiger partial charge is 0.475 e. The van der Waals surface area contributed by atoms with E-state index in [2.05, 4.69) is 10.6 Å². The molecule has 2 heterocycles. The zero-order chi connectivity index (χ0) is 32.5. The number of benzene rings is 3. The van der Waals surface area contributed by atoms with Crippen molar-refractivity contribution in [2.75, 3.05) is 11.9 Å². The molecule has 7 nitrogen and oxygen atoms in total. The van der Waals surface area contributed by atoms with Crippen molar-refractivity contribution < 1.29 is 23.9 Å². The molecule has 3 aromatic rings. The highest BCUT2D eigenvalue weighted by molar-refractivity contribution is 6.31. The summed E-state index contributed by atoms with van der Waals surface area (Å²) >= 11 is 19.5. The van der Waals surface area contributed by atoms with Crippen molar-refractivity contribution in [3.05, 3.63) is 91.9 Å². The second kappa shape index (κ2) is 13.2. The standard InChI is InChI=1S/C35H37Cl3N2O5/c1-5-14-34(15-6-2,33(43)44-7-3)45-29-13-11-22(37)17-25(29)27-19-30(41)40-31(24-16-21(36)9-8-20(24)4)35(27)26-12-10-23(38)18-28(26)39-32(35)42/h8-13,16-18,27,31H,5-7,14-15,19H2,1-4H3,(H,39,42)(H,40,41)/t27-,31+,35-/m1/s1. The number of fused-ring (bicyclic) bond motifs is 2. The first kappa shape index (κ1) is 33.1. The van der Waals surface area contributed by atoms with Crippen LogP contribution < -0.4 is 15.4 Å². The highest BCUT2D eigenvalue weighted by atomic mass is 35.5. The first-order valence-corrected chi connectivity index (χ1v) is 16.5. The van der Waals surface area contributed by atoms with Crippen molar-refractivity contribution in [3.8, 4) is 5.75 Å². The minimum Gasteiger partial charge on any atom is -0.475 e. The maximum absolute atomic E-state index is 14.6. The molecule has 0 bridgehead atoms.